The van der Waals surface area contributed by atoms with Crippen LogP contribution in [0.2, 0.25) is 0 Å². The summed E-state index contributed by atoms with van der Waals surface area (Å²) < 4.78 is 1.82. The van der Waals surface area contributed by atoms with Crippen molar-refractivity contribution in [1.29, 1.82) is 0 Å². The Hall–Kier alpha value is -2.14. The van der Waals surface area contributed by atoms with Gasteiger partial charge in [-0.15, -0.1) is 0 Å². The molecule has 5 nitrogen and oxygen atoms in total. The first-order valence-corrected chi connectivity index (χ1v) is 7.82. The van der Waals surface area contributed by atoms with Gasteiger partial charge in [0.15, 0.2) is 0 Å². The number of piperidine rings is 1. The van der Waals surface area contributed by atoms with Crippen molar-refractivity contribution in [1.82, 2.24) is 20.4 Å². The molecule has 0 aliphatic carbocycles. The number of hydrogen-bond acceptors (Lipinski definition) is 3. The highest BCUT2D eigenvalue weighted by Crippen LogP contribution is 2.15. The highest BCUT2D eigenvalue weighted by atomic mass is 16.2. The van der Waals surface area contributed by atoms with E-state index in [0.717, 1.165) is 30.6 Å². The molecule has 116 valence electrons. The highest BCUT2D eigenvalue weighted by molar-refractivity contribution is 5.81. The molecule has 5 heteroatoms. The second-order valence-electron chi connectivity index (χ2n) is 5.98. The molecule has 1 amide bonds. The molecule has 2 heterocycles. The second-order valence-corrected chi connectivity index (χ2v) is 5.98. The van der Waals surface area contributed by atoms with Crippen LogP contribution in [0.25, 0.3) is 5.69 Å². The summed E-state index contributed by atoms with van der Waals surface area (Å²) in [4.78, 5) is 12.2. The van der Waals surface area contributed by atoms with Gasteiger partial charge < -0.3 is 10.6 Å². The van der Waals surface area contributed by atoms with Crippen LogP contribution in [-0.4, -0.2) is 28.3 Å². The van der Waals surface area contributed by atoms with Crippen molar-refractivity contribution in [2.75, 3.05) is 6.54 Å². The maximum atomic E-state index is 12.2. The van der Waals surface area contributed by atoms with Crippen molar-refractivity contribution < 1.29 is 4.79 Å². The lowest BCUT2D eigenvalue weighted by molar-refractivity contribution is -0.124. The third-order valence-corrected chi connectivity index (χ3v) is 4.11. The molecule has 2 aromatic rings. The normalized spacial score (nSPS) is 21.5. The zero-order chi connectivity index (χ0) is 15.4. The van der Waals surface area contributed by atoms with Crippen LogP contribution in [0.1, 0.15) is 25.3 Å². The van der Waals surface area contributed by atoms with Gasteiger partial charge in [-0.3, -0.25) is 4.79 Å². The van der Waals surface area contributed by atoms with Crippen molar-refractivity contribution in [3.05, 3.63) is 48.3 Å². The first kappa shape index (κ1) is 14.8. The molecule has 0 radical (unpaired) electrons. The van der Waals surface area contributed by atoms with E-state index in [1.54, 1.807) is 6.20 Å². The van der Waals surface area contributed by atoms with Gasteiger partial charge in [-0.05, 0) is 37.4 Å². The van der Waals surface area contributed by atoms with Crippen LogP contribution in [0.4, 0.5) is 0 Å². The van der Waals surface area contributed by atoms with Gasteiger partial charge >= 0.3 is 0 Å². The number of rotatable bonds is 4. The maximum Gasteiger partial charge on any atom is 0.237 e. The Labute approximate surface area is 130 Å². The fraction of sp³-hybridized carbons (Fsp3) is 0.412. The van der Waals surface area contributed by atoms with Crippen molar-refractivity contribution in [3.8, 4) is 5.69 Å². The van der Waals surface area contributed by atoms with Crippen molar-refractivity contribution in [3.63, 3.8) is 0 Å². The number of para-hydroxylation sites is 1. The summed E-state index contributed by atoms with van der Waals surface area (Å²) >= 11 is 0. The molecule has 0 saturated carbocycles. The summed E-state index contributed by atoms with van der Waals surface area (Å²) in [5, 5.41) is 10.6. The largest absolute Gasteiger partial charge is 0.351 e. The first-order chi connectivity index (χ1) is 10.7. The van der Waals surface area contributed by atoms with Gasteiger partial charge in [0.1, 0.15) is 0 Å². The molecule has 1 aromatic heterocycles. The maximum absolute atomic E-state index is 12.2. The minimum absolute atomic E-state index is 0.0621. The van der Waals surface area contributed by atoms with Crippen molar-refractivity contribution in [2.45, 2.75) is 32.4 Å². The minimum Gasteiger partial charge on any atom is -0.351 e. The van der Waals surface area contributed by atoms with Crippen LogP contribution < -0.4 is 10.6 Å². The predicted molar refractivity (Wildman–Crippen MR) is 85.6 cm³/mol. The summed E-state index contributed by atoms with van der Waals surface area (Å²) in [5.41, 5.74) is 2.02. The summed E-state index contributed by atoms with van der Waals surface area (Å²) in [6.07, 6.45) is 5.81. The van der Waals surface area contributed by atoms with Gasteiger partial charge in [0.2, 0.25) is 5.91 Å². The zero-order valence-electron chi connectivity index (χ0n) is 12.8. The van der Waals surface area contributed by atoms with E-state index in [0.29, 0.717) is 12.5 Å². The minimum atomic E-state index is -0.0621. The molecule has 1 aromatic carbocycles. The Kier molecular flexibility index (Phi) is 4.53. The SMILES string of the molecule is CC1CCNC(C(=O)NCc2cnn(-c3ccccc3)c2)C1. The summed E-state index contributed by atoms with van der Waals surface area (Å²) in [6.45, 7) is 3.63. The first-order valence-electron chi connectivity index (χ1n) is 7.82. The summed E-state index contributed by atoms with van der Waals surface area (Å²) in [7, 11) is 0. The Morgan fingerprint density at radius 1 is 1.41 bits per heavy atom. The van der Waals surface area contributed by atoms with Crippen molar-refractivity contribution in [2.24, 2.45) is 5.92 Å². The van der Waals surface area contributed by atoms with E-state index < -0.39 is 0 Å². The van der Waals surface area contributed by atoms with E-state index >= 15 is 0 Å². The molecule has 0 spiro atoms. The molecule has 1 aliphatic rings. The van der Waals surface area contributed by atoms with E-state index in [2.05, 4.69) is 22.7 Å². The monoisotopic (exact) mass is 298 g/mol. The molecule has 2 N–H and O–H groups in total. The van der Waals surface area contributed by atoms with Crippen LogP contribution in [0.3, 0.4) is 0 Å². The van der Waals surface area contributed by atoms with Gasteiger partial charge in [0.05, 0.1) is 17.9 Å². The molecule has 22 heavy (non-hydrogen) atoms. The fourth-order valence-corrected chi connectivity index (χ4v) is 2.79. The van der Waals surface area contributed by atoms with Gasteiger partial charge in [0, 0.05) is 18.3 Å². The van der Waals surface area contributed by atoms with E-state index in [-0.39, 0.29) is 11.9 Å². The highest BCUT2D eigenvalue weighted by Gasteiger charge is 2.24. The van der Waals surface area contributed by atoms with Crippen molar-refractivity contribution >= 4 is 5.91 Å². The van der Waals surface area contributed by atoms with Gasteiger partial charge in [-0.1, -0.05) is 25.1 Å². The third-order valence-electron chi connectivity index (χ3n) is 4.11. The Bertz CT molecular complexity index is 623. The van der Waals surface area contributed by atoms with Gasteiger partial charge in [-0.2, -0.15) is 5.10 Å². The summed E-state index contributed by atoms with van der Waals surface area (Å²) in [5.74, 6) is 0.692. The predicted octanol–water partition coefficient (Wildman–Crippen LogP) is 1.88. The third kappa shape index (κ3) is 3.54. The van der Waals surface area contributed by atoms with E-state index in [4.69, 9.17) is 0 Å². The number of amides is 1. The number of aromatic nitrogens is 2. The average Bonchev–Trinajstić information content (AvgIpc) is 3.02. The molecule has 2 atom stereocenters. The Balaban J connectivity index is 1.56. The van der Waals surface area contributed by atoms with Crippen LogP contribution in [0.15, 0.2) is 42.7 Å². The average molecular weight is 298 g/mol. The lowest BCUT2D eigenvalue weighted by atomic mass is 9.94. The van der Waals surface area contributed by atoms with Crippen LogP contribution >= 0.6 is 0 Å². The number of carbonyl (C=O) groups excluding carboxylic acids is 1. The molecule has 0 bridgehead atoms. The lowest BCUT2D eigenvalue weighted by Crippen LogP contribution is -2.48. The molecule has 1 saturated heterocycles. The number of carbonyl (C=O) groups is 1. The van der Waals surface area contributed by atoms with Crippen LogP contribution in [-0.2, 0) is 11.3 Å². The quantitative estimate of drug-likeness (QED) is 0.906. The standard InChI is InChI=1S/C17H22N4O/c1-13-7-8-18-16(9-13)17(22)19-10-14-11-20-21(12-14)15-5-3-2-4-6-15/h2-6,11-13,16,18H,7-10H2,1H3,(H,19,22). The lowest BCUT2D eigenvalue weighted by Gasteiger charge is -2.27. The summed E-state index contributed by atoms with van der Waals surface area (Å²) in [6, 6.07) is 9.88. The Morgan fingerprint density at radius 3 is 3.00 bits per heavy atom. The number of nitrogens with one attached hydrogen (secondary N) is 2. The number of hydrogen-bond donors (Lipinski definition) is 2. The number of nitrogens with zero attached hydrogens (tertiary/aromatic N) is 2. The number of benzene rings is 1. The molecule has 3 rings (SSSR count). The molecular weight excluding hydrogens is 276 g/mol. The van der Waals surface area contributed by atoms with E-state index in [1.165, 1.54) is 0 Å². The second kappa shape index (κ2) is 6.75. The van der Waals surface area contributed by atoms with E-state index in [9.17, 15) is 4.79 Å². The molecular formula is C17H22N4O. The van der Waals surface area contributed by atoms with E-state index in [1.807, 2.05) is 41.2 Å². The zero-order valence-corrected chi connectivity index (χ0v) is 12.8. The molecule has 1 aliphatic heterocycles. The fourth-order valence-electron chi connectivity index (χ4n) is 2.79. The van der Waals surface area contributed by atoms with Gasteiger partial charge in [-0.25, -0.2) is 4.68 Å². The molecule has 2 unspecified atom stereocenters. The topological polar surface area (TPSA) is 59.0 Å². The smallest absolute Gasteiger partial charge is 0.237 e. The molecule has 1 fully saturated rings. The Morgan fingerprint density at radius 2 is 2.23 bits per heavy atom. The van der Waals surface area contributed by atoms with Gasteiger partial charge in [0.25, 0.3) is 0 Å². The van der Waals surface area contributed by atoms with Crippen LogP contribution in [0.5, 0.6) is 0 Å². The van der Waals surface area contributed by atoms with Crippen LogP contribution in [0, 0.1) is 5.92 Å².